The molecule has 0 unspecified atom stereocenters. The van der Waals surface area contributed by atoms with Gasteiger partial charge in [-0.1, -0.05) is 29.8 Å². The Morgan fingerprint density at radius 3 is 2.53 bits per heavy atom. The topological polar surface area (TPSA) is 102 Å². The van der Waals surface area contributed by atoms with Crippen LogP contribution in [-0.4, -0.2) is 58.5 Å². The van der Waals surface area contributed by atoms with Crippen molar-refractivity contribution in [3.05, 3.63) is 63.5 Å². The number of benzene rings is 2. The van der Waals surface area contributed by atoms with Crippen LogP contribution in [0, 0.1) is 0 Å². The Balaban J connectivity index is 1.71. The van der Waals surface area contributed by atoms with Gasteiger partial charge in [0.25, 0.3) is 0 Å². The Morgan fingerprint density at radius 1 is 1.07 bits per heavy atom. The Morgan fingerprint density at radius 2 is 1.83 bits per heavy atom. The van der Waals surface area contributed by atoms with E-state index in [1.165, 1.54) is 10.1 Å². The summed E-state index contributed by atoms with van der Waals surface area (Å²) in [6, 6.07) is 13.9. The molecule has 160 valence electrons. The first-order valence-corrected chi connectivity index (χ1v) is 10.9. The summed E-state index contributed by atoms with van der Waals surface area (Å²) in [5.74, 6) is 0. The molecule has 1 saturated heterocycles. The van der Waals surface area contributed by atoms with Crippen LogP contribution < -0.4 is 5.32 Å². The lowest BCUT2D eigenvalue weighted by molar-refractivity contribution is -0.231. The van der Waals surface area contributed by atoms with Gasteiger partial charge in [0.1, 0.15) is 30.5 Å². The highest BCUT2D eigenvalue weighted by Gasteiger charge is 2.44. The third-order valence-electron chi connectivity index (χ3n) is 5.53. The second kappa shape index (κ2) is 8.80. The maximum atomic E-state index is 10.6. The number of aliphatic hydroxyl groups is 4. The van der Waals surface area contributed by atoms with Crippen molar-refractivity contribution in [1.29, 1.82) is 0 Å². The molecular weight excluding hydrogens is 426 g/mol. The monoisotopic (exact) mass is 449 g/mol. The van der Waals surface area contributed by atoms with Crippen LogP contribution in [0.15, 0.2) is 42.5 Å². The van der Waals surface area contributed by atoms with E-state index >= 15 is 0 Å². The van der Waals surface area contributed by atoms with E-state index < -0.39 is 37.1 Å². The zero-order valence-electron chi connectivity index (χ0n) is 16.3. The Labute approximate surface area is 183 Å². The quantitative estimate of drug-likeness (QED) is 0.410. The molecule has 8 heteroatoms. The van der Waals surface area contributed by atoms with Gasteiger partial charge in [0.05, 0.1) is 6.61 Å². The lowest BCUT2D eigenvalue weighted by Crippen LogP contribution is -2.55. The molecule has 6 nitrogen and oxygen atoms in total. The molecule has 0 bridgehead atoms. The number of hydrogen-bond acceptors (Lipinski definition) is 7. The molecule has 1 aromatic heterocycles. The van der Waals surface area contributed by atoms with E-state index in [1.54, 1.807) is 24.5 Å². The van der Waals surface area contributed by atoms with E-state index in [1.807, 2.05) is 18.2 Å². The number of anilines is 1. The second-order valence-corrected chi connectivity index (χ2v) is 9.03. The molecule has 1 fully saturated rings. The predicted octanol–water partition coefficient (Wildman–Crippen LogP) is 2.70. The van der Waals surface area contributed by atoms with Crippen molar-refractivity contribution < 1.29 is 25.2 Å². The summed E-state index contributed by atoms with van der Waals surface area (Å²) in [4.78, 5) is 1.15. The molecule has 5 atom stereocenters. The van der Waals surface area contributed by atoms with Gasteiger partial charge >= 0.3 is 0 Å². The highest BCUT2D eigenvalue weighted by atomic mass is 35.5. The van der Waals surface area contributed by atoms with E-state index in [0.29, 0.717) is 22.7 Å². The van der Waals surface area contributed by atoms with E-state index in [9.17, 15) is 20.4 Å². The van der Waals surface area contributed by atoms with E-state index in [4.69, 9.17) is 16.3 Å². The molecule has 0 amide bonds. The van der Waals surface area contributed by atoms with Crippen LogP contribution >= 0.6 is 22.9 Å². The first-order valence-electron chi connectivity index (χ1n) is 9.71. The number of halogens is 1. The van der Waals surface area contributed by atoms with E-state index in [0.717, 1.165) is 10.4 Å². The molecule has 1 aliphatic heterocycles. The van der Waals surface area contributed by atoms with Crippen molar-refractivity contribution >= 4 is 38.7 Å². The number of thiophene rings is 1. The van der Waals surface area contributed by atoms with Crippen LogP contribution in [0.4, 0.5) is 5.69 Å². The highest BCUT2D eigenvalue weighted by molar-refractivity contribution is 7.19. The van der Waals surface area contributed by atoms with Crippen molar-refractivity contribution in [2.75, 3.05) is 19.0 Å². The number of fused-ring (bicyclic) bond motifs is 1. The number of aliphatic hydroxyl groups excluding tert-OH is 4. The van der Waals surface area contributed by atoms with Gasteiger partial charge in [-0.25, -0.2) is 0 Å². The normalized spacial score (nSPS) is 26.8. The van der Waals surface area contributed by atoms with Crippen LogP contribution in [0.2, 0.25) is 5.02 Å². The molecule has 0 radical (unpaired) electrons. The van der Waals surface area contributed by atoms with Gasteiger partial charge in [-0.15, -0.1) is 11.3 Å². The summed E-state index contributed by atoms with van der Waals surface area (Å²) in [6.07, 6.45) is -5.49. The summed E-state index contributed by atoms with van der Waals surface area (Å²) < 4.78 is 6.96. The minimum absolute atomic E-state index is 0.474. The van der Waals surface area contributed by atoms with Gasteiger partial charge in [-0.3, -0.25) is 0 Å². The SMILES string of the molecule is CNc1cc(Cl)c(Cc2cc3ccccc3s2)cc1[C@@H]1O[C@H](CO)[C@@H](O)[C@H](O)[C@H]1O. The minimum Gasteiger partial charge on any atom is -0.394 e. The van der Waals surface area contributed by atoms with Crippen LogP contribution in [0.3, 0.4) is 0 Å². The number of rotatable bonds is 5. The molecule has 30 heavy (non-hydrogen) atoms. The van der Waals surface area contributed by atoms with Crippen molar-refractivity contribution in [3.63, 3.8) is 0 Å². The van der Waals surface area contributed by atoms with Crippen LogP contribution in [-0.2, 0) is 11.2 Å². The first kappa shape index (κ1) is 21.5. The molecule has 2 aromatic carbocycles. The number of hydrogen-bond donors (Lipinski definition) is 5. The molecule has 3 aromatic rings. The average Bonchev–Trinajstić information content (AvgIpc) is 3.16. The largest absolute Gasteiger partial charge is 0.394 e. The minimum atomic E-state index is -1.44. The zero-order valence-corrected chi connectivity index (χ0v) is 17.9. The standard InChI is InChI=1S/C22H24ClNO5S/c1-24-16-9-15(23)12(7-13-6-11-4-2-3-5-18(11)30-13)8-14(16)22-21(28)20(27)19(26)17(10-25)29-22/h2-6,8-9,17,19-22,24-28H,7,10H2,1H3/t17-,19-,20+,21-,22+/m1/s1. The maximum absolute atomic E-state index is 10.6. The van der Waals surface area contributed by atoms with Gasteiger partial charge < -0.3 is 30.5 Å². The number of ether oxygens (including phenoxy) is 1. The van der Waals surface area contributed by atoms with Crippen LogP contribution in [0.1, 0.15) is 22.1 Å². The fraction of sp³-hybridized carbons (Fsp3) is 0.364. The lowest BCUT2D eigenvalue weighted by Gasteiger charge is -2.40. The molecule has 0 saturated carbocycles. The smallest absolute Gasteiger partial charge is 0.114 e. The lowest BCUT2D eigenvalue weighted by atomic mass is 9.89. The summed E-state index contributed by atoms with van der Waals surface area (Å²) in [6.45, 7) is -0.474. The van der Waals surface area contributed by atoms with E-state index in [2.05, 4.69) is 23.5 Å². The Bertz CT molecular complexity index is 1010. The predicted molar refractivity (Wildman–Crippen MR) is 118 cm³/mol. The zero-order chi connectivity index (χ0) is 21.4. The third-order valence-corrected chi connectivity index (χ3v) is 7.00. The summed E-state index contributed by atoms with van der Waals surface area (Å²) in [5, 5.41) is 45.1. The van der Waals surface area contributed by atoms with Crippen molar-refractivity contribution in [2.45, 2.75) is 36.9 Å². The maximum Gasteiger partial charge on any atom is 0.114 e. The molecule has 1 aliphatic rings. The molecule has 4 rings (SSSR count). The second-order valence-electron chi connectivity index (χ2n) is 7.46. The molecule has 5 N–H and O–H groups in total. The van der Waals surface area contributed by atoms with Crippen molar-refractivity contribution in [3.8, 4) is 0 Å². The van der Waals surface area contributed by atoms with Crippen LogP contribution in [0.5, 0.6) is 0 Å². The van der Waals surface area contributed by atoms with Gasteiger partial charge in [-0.05, 0) is 35.2 Å². The van der Waals surface area contributed by atoms with Crippen LogP contribution in [0.25, 0.3) is 10.1 Å². The van der Waals surface area contributed by atoms with Gasteiger partial charge in [0.2, 0.25) is 0 Å². The van der Waals surface area contributed by atoms with Gasteiger partial charge in [-0.2, -0.15) is 0 Å². The molecule has 0 aliphatic carbocycles. The molecule has 2 heterocycles. The Kier molecular flexibility index (Phi) is 6.31. The third kappa shape index (κ3) is 3.94. The highest BCUT2D eigenvalue weighted by Crippen LogP contribution is 2.39. The van der Waals surface area contributed by atoms with Crippen molar-refractivity contribution in [2.24, 2.45) is 0 Å². The summed E-state index contributed by atoms with van der Waals surface area (Å²) in [7, 11) is 1.73. The molecular formula is C22H24ClNO5S. The average molecular weight is 450 g/mol. The molecule has 0 spiro atoms. The summed E-state index contributed by atoms with van der Waals surface area (Å²) >= 11 is 8.24. The number of nitrogens with one attached hydrogen (secondary N) is 1. The summed E-state index contributed by atoms with van der Waals surface area (Å²) in [5.41, 5.74) is 2.11. The fourth-order valence-corrected chi connectivity index (χ4v) is 5.21. The fourth-order valence-electron chi connectivity index (χ4n) is 3.89. The van der Waals surface area contributed by atoms with Gasteiger partial charge in [0.15, 0.2) is 0 Å². The van der Waals surface area contributed by atoms with Gasteiger partial charge in [0, 0.05) is 39.3 Å². The van der Waals surface area contributed by atoms with Crippen molar-refractivity contribution in [1.82, 2.24) is 0 Å². The van der Waals surface area contributed by atoms with E-state index in [-0.39, 0.29) is 0 Å². The Hall–Kier alpha value is -1.71. The first-order chi connectivity index (χ1) is 14.4.